The van der Waals surface area contributed by atoms with Crippen LogP contribution in [0, 0.1) is 0 Å². The molecule has 0 bridgehead atoms. The lowest BCUT2D eigenvalue weighted by molar-refractivity contribution is 0.321. The second kappa shape index (κ2) is 3.57. The Labute approximate surface area is 64.5 Å². The smallest absolute Gasteiger partial charge is 0.0418 e. The molecule has 0 rings (SSSR count). The molecule has 0 aliphatic carbocycles. The summed E-state index contributed by atoms with van der Waals surface area (Å²) in [5.74, 6) is 0. The molecular formula is C6H17NO2S. The summed E-state index contributed by atoms with van der Waals surface area (Å²) >= 11 is 0. The quantitative estimate of drug-likeness (QED) is 0.675. The third-order valence-electron chi connectivity index (χ3n) is 1.33. The van der Waals surface area contributed by atoms with Crippen LogP contribution in [0.15, 0.2) is 0 Å². The van der Waals surface area contributed by atoms with Gasteiger partial charge in [0.15, 0.2) is 0 Å². The molecular weight excluding hydrogens is 150 g/mol. The maximum Gasteiger partial charge on any atom is 0.0418 e. The van der Waals surface area contributed by atoms with Gasteiger partial charge in [-0.1, -0.05) is 6.92 Å². The van der Waals surface area contributed by atoms with E-state index in [-0.39, 0.29) is 6.04 Å². The lowest BCUT2D eigenvalue weighted by Gasteiger charge is -2.41. The van der Waals surface area contributed by atoms with Crippen LogP contribution < -0.4 is 0 Å². The summed E-state index contributed by atoms with van der Waals surface area (Å²) in [6.07, 6.45) is 1.45. The van der Waals surface area contributed by atoms with E-state index in [1.54, 1.807) is 4.31 Å². The molecule has 0 amide bonds. The van der Waals surface area contributed by atoms with E-state index < -0.39 is 10.8 Å². The van der Waals surface area contributed by atoms with E-state index in [0.29, 0.717) is 6.54 Å². The van der Waals surface area contributed by atoms with Crippen LogP contribution in [-0.4, -0.2) is 32.3 Å². The SMILES string of the molecule is CCN(C(C)C)S(C)(O)O. The third kappa shape index (κ3) is 2.88. The van der Waals surface area contributed by atoms with Gasteiger partial charge in [-0.25, -0.2) is 4.31 Å². The Hall–Kier alpha value is 0.230. The average Bonchev–Trinajstić information content (AvgIpc) is 1.60. The molecule has 0 saturated heterocycles. The zero-order valence-electron chi connectivity index (χ0n) is 7.03. The van der Waals surface area contributed by atoms with Crippen molar-refractivity contribution >= 4 is 10.8 Å². The molecule has 0 aliphatic heterocycles. The summed E-state index contributed by atoms with van der Waals surface area (Å²) in [5, 5.41) is 0. The molecule has 0 radical (unpaired) electrons. The molecule has 3 nitrogen and oxygen atoms in total. The molecule has 0 atom stereocenters. The molecule has 10 heavy (non-hydrogen) atoms. The predicted octanol–water partition coefficient (Wildman–Crippen LogP) is 2.01. The summed E-state index contributed by atoms with van der Waals surface area (Å²) in [4.78, 5) is 0. The zero-order chi connectivity index (χ0) is 8.36. The van der Waals surface area contributed by atoms with Crippen LogP contribution in [0.1, 0.15) is 20.8 Å². The highest BCUT2D eigenvalue weighted by Crippen LogP contribution is 2.39. The summed E-state index contributed by atoms with van der Waals surface area (Å²) in [6, 6.07) is 0.194. The number of rotatable bonds is 3. The Morgan fingerprint density at radius 3 is 1.80 bits per heavy atom. The van der Waals surface area contributed by atoms with Crippen LogP contribution in [0.3, 0.4) is 0 Å². The Kier molecular flexibility index (Phi) is 3.65. The topological polar surface area (TPSA) is 43.7 Å². The van der Waals surface area contributed by atoms with E-state index in [4.69, 9.17) is 0 Å². The Morgan fingerprint density at radius 1 is 1.40 bits per heavy atom. The maximum absolute atomic E-state index is 9.21. The number of hydrogen-bond acceptors (Lipinski definition) is 3. The van der Waals surface area contributed by atoms with Crippen molar-refractivity contribution in [2.75, 3.05) is 12.8 Å². The van der Waals surface area contributed by atoms with Gasteiger partial charge in [0.2, 0.25) is 0 Å². The van der Waals surface area contributed by atoms with E-state index in [1.165, 1.54) is 6.26 Å². The minimum absolute atomic E-state index is 0.194. The van der Waals surface area contributed by atoms with E-state index in [0.717, 1.165) is 0 Å². The van der Waals surface area contributed by atoms with Gasteiger partial charge < -0.3 is 0 Å². The lowest BCUT2D eigenvalue weighted by Crippen LogP contribution is -2.32. The van der Waals surface area contributed by atoms with E-state index in [1.807, 2.05) is 20.8 Å². The van der Waals surface area contributed by atoms with Crippen LogP contribution in [0.25, 0.3) is 0 Å². The largest absolute Gasteiger partial charge is 0.286 e. The van der Waals surface area contributed by atoms with Crippen molar-refractivity contribution in [3.05, 3.63) is 0 Å². The highest BCUT2D eigenvalue weighted by atomic mass is 32.3. The normalized spacial score (nSPS) is 14.8. The second-order valence-electron chi connectivity index (χ2n) is 2.62. The molecule has 0 aromatic carbocycles. The molecule has 0 heterocycles. The fourth-order valence-electron chi connectivity index (χ4n) is 1.01. The molecule has 2 N–H and O–H groups in total. The van der Waals surface area contributed by atoms with Crippen molar-refractivity contribution in [1.82, 2.24) is 4.31 Å². The van der Waals surface area contributed by atoms with E-state index in [2.05, 4.69) is 0 Å². The molecule has 0 aromatic heterocycles. The van der Waals surface area contributed by atoms with Crippen LogP contribution in [0.4, 0.5) is 0 Å². The van der Waals surface area contributed by atoms with Gasteiger partial charge in [-0.2, -0.15) is 0 Å². The van der Waals surface area contributed by atoms with Crippen LogP contribution >= 0.6 is 10.8 Å². The molecule has 0 aliphatic rings. The van der Waals surface area contributed by atoms with Crippen molar-refractivity contribution in [3.63, 3.8) is 0 Å². The van der Waals surface area contributed by atoms with E-state index >= 15 is 0 Å². The summed E-state index contributed by atoms with van der Waals surface area (Å²) < 4.78 is 20.1. The summed E-state index contributed by atoms with van der Waals surface area (Å²) in [7, 11) is -2.48. The predicted molar refractivity (Wildman–Crippen MR) is 46.3 cm³/mol. The minimum atomic E-state index is -2.48. The van der Waals surface area contributed by atoms with Gasteiger partial charge in [0, 0.05) is 18.8 Å². The number of nitrogens with zero attached hydrogens (tertiary/aromatic N) is 1. The highest BCUT2D eigenvalue weighted by Gasteiger charge is 2.17. The first-order valence-electron chi connectivity index (χ1n) is 3.39. The van der Waals surface area contributed by atoms with Gasteiger partial charge >= 0.3 is 0 Å². The summed E-state index contributed by atoms with van der Waals surface area (Å²) in [5.41, 5.74) is 0. The van der Waals surface area contributed by atoms with Crippen molar-refractivity contribution < 1.29 is 9.11 Å². The molecule has 64 valence electrons. The standard InChI is InChI=1S/C6H17NO2S/c1-5-7(6(2)3)10(4,8)9/h6,8-9H,5H2,1-4H3. The van der Waals surface area contributed by atoms with E-state index in [9.17, 15) is 9.11 Å². The minimum Gasteiger partial charge on any atom is -0.286 e. The maximum atomic E-state index is 9.21. The first kappa shape index (κ1) is 10.2. The Bertz CT molecular complexity index is 100. The average molecular weight is 167 g/mol. The first-order valence-corrected chi connectivity index (χ1v) is 5.30. The zero-order valence-corrected chi connectivity index (χ0v) is 7.85. The van der Waals surface area contributed by atoms with Gasteiger partial charge in [-0.05, 0) is 13.8 Å². The molecule has 0 unspecified atom stereocenters. The monoisotopic (exact) mass is 167 g/mol. The van der Waals surface area contributed by atoms with Crippen molar-refractivity contribution in [1.29, 1.82) is 0 Å². The first-order chi connectivity index (χ1) is 4.39. The van der Waals surface area contributed by atoms with Crippen LogP contribution in [0.2, 0.25) is 0 Å². The van der Waals surface area contributed by atoms with Crippen molar-refractivity contribution in [2.45, 2.75) is 26.8 Å². The Balaban J connectivity index is 4.07. The fraction of sp³-hybridized carbons (Fsp3) is 1.00. The highest BCUT2D eigenvalue weighted by molar-refractivity contribution is 8.21. The summed E-state index contributed by atoms with van der Waals surface area (Å²) in [6.45, 7) is 6.48. The lowest BCUT2D eigenvalue weighted by atomic mass is 10.4. The molecule has 0 fully saturated rings. The molecule has 0 aromatic rings. The Morgan fingerprint density at radius 2 is 1.80 bits per heavy atom. The second-order valence-corrected chi connectivity index (χ2v) is 4.67. The molecule has 4 heteroatoms. The van der Waals surface area contributed by atoms with Crippen molar-refractivity contribution in [3.8, 4) is 0 Å². The third-order valence-corrected chi connectivity index (χ3v) is 2.90. The van der Waals surface area contributed by atoms with Gasteiger partial charge in [-0.3, -0.25) is 9.11 Å². The molecule has 0 spiro atoms. The van der Waals surface area contributed by atoms with Crippen LogP contribution in [-0.2, 0) is 0 Å². The van der Waals surface area contributed by atoms with Gasteiger partial charge in [0.25, 0.3) is 0 Å². The van der Waals surface area contributed by atoms with Gasteiger partial charge in [-0.15, -0.1) is 10.8 Å². The molecule has 0 saturated carbocycles. The van der Waals surface area contributed by atoms with Crippen LogP contribution in [0.5, 0.6) is 0 Å². The van der Waals surface area contributed by atoms with Gasteiger partial charge in [0.05, 0.1) is 0 Å². The fourth-order valence-corrected chi connectivity index (χ4v) is 2.30. The van der Waals surface area contributed by atoms with Crippen molar-refractivity contribution in [2.24, 2.45) is 0 Å². The number of hydrogen-bond donors (Lipinski definition) is 2. The van der Waals surface area contributed by atoms with Gasteiger partial charge in [0.1, 0.15) is 0 Å².